The van der Waals surface area contributed by atoms with Gasteiger partial charge in [-0.2, -0.15) is 0 Å². The number of halogens is 2. The number of hydrogen-bond acceptors (Lipinski definition) is 6. The summed E-state index contributed by atoms with van der Waals surface area (Å²) >= 11 is 7.36. The molecular formula is C19H26ClFN4O2S2. The van der Waals surface area contributed by atoms with Crippen LogP contribution in [0.3, 0.4) is 0 Å². The molecule has 6 nitrogen and oxygen atoms in total. The molecule has 1 fully saturated rings. The molecule has 0 spiro atoms. The standard InChI is InChI=1S/C19H26ClFN4O2S2/c1-22-14(9-13-5-3-2-4-6-13)12-24-17-11-16(21)18(10-15(17)20)29(26,27)25-19-23-7-8-28-19/h7-8,10-11,13-14,22,24H,2-6,9,12H2,1H3,(H,23,25)/t14-/m0/s1. The van der Waals surface area contributed by atoms with Crippen molar-refractivity contribution in [3.63, 3.8) is 0 Å². The number of likely N-dealkylation sites (N-methyl/N-ethyl adjacent to an activating group) is 1. The molecule has 3 rings (SSSR count). The third-order valence-corrected chi connectivity index (χ3v) is 7.74. The van der Waals surface area contributed by atoms with Crippen molar-refractivity contribution in [2.75, 3.05) is 23.6 Å². The maximum atomic E-state index is 14.6. The van der Waals surface area contributed by atoms with Crippen molar-refractivity contribution in [3.05, 3.63) is 34.5 Å². The summed E-state index contributed by atoms with van der Waals surface area (Å²) in [5.74, 6) is -0.158. The maximum Gasteiger partial charge on any atom is 0.266 e. The summed E-state index contributed by atoms with van der Waals surface area (Å²) in [5.41, 5.74) is 0.376. The molecule has 1 aromatic carbocycles. The minimum Gasteiger partial charge on any atom is -0.382 e. The minimum absolute atomic E-state index is 0.151. The lowest BCUT2D eigenvalue weighted by Crippen LogP contribution is -2.35. The van der Waals surface area contributed by atoms with Crippen molar-refractivity contribution in [3.8, 4) is 0 Å². The predicted octanol–water partition coefficient (Wildman–Crippen LogP) is 4.71. The summed E-state index contributed by atoms with van der Waals surface area (Å²) in [5, 5.41) is 8.41. The number of nitrogens with one attached hydrogen (secondary N) is 3. The van der Waals surface area contributed by atoms with Gasteiger partial charge in [0.2, 0.25) is 0 Å². The minimum atomic E-state index is -4.11. The fourth-order valence-corrected chi connectivity index (χ4v) is 5.85. The van der Waals surface area contributed by atoms with E-state index in [2.05, 4.69) is 20.3 Å². The first-order chi connectivity index (χ1) is 13.9. The van der Waals surface area contributed by atoms with Crippen molar-refractivity contribution < 1.29 is 12.8 Å². The molecular weight excluding hydrogens is 435 g/mol. The fraction of sp³-hybridized carbons (Fsp3) is 0.526. The van der Waals surface area contributed by atoms with Crippen LogP contribution in [-0.4, -0.2) is 33.0 Å². The molecule has 0 saturated heterocycles. The Morgan fingerprint density at radius 2 is 2.07 bits per heavy atom. The molecule has 2 aromatic rings. The van der Waals surface area contributed by atoms with E-state index >= 15 is 0 Å². The monoisotopic (exact) mass is 460 g/mol. The van der Waals surface area contributed by atoms with E-state index < -0.39 is 20.7 Å². The molecule has 10 heteroatoms. The molecule has 0 radical (unpaired) electrons. The molecule has 0 bridgehead atoms. The van der Waals surface area contributed by atoms with Crippen LogP contribution in [0.15, 0.2) is 28.6 Å². The van der Waals surface area contributed by atoms with Crippen molar-refractivity contribution in [2.45, 2.75) is 49.5 Å². The Hall–Kier alpha value is -1.42. The summed E-state index contributed by atoms with van der Waals surface area (Å²) in [6.07, 6.45) is 8.92. The van der Waals surface area contributed by atoms with E-state index in [4.69, 9.17) is 11.6 Å². The summed E-state index contributed by atoms with van der Waals surface area (Å²) in [4.78, 5) is 3.35. The fourth-order valence-electron chi connectivity index (χ4n) is 3.68. The average Bonchev–Trinajstić information content (AvgIpc) is 3.20. The number of hydrogen-bond donors (Lipinski definition) is 3. The van der Waals surface area contributed by atoms with E-state index in [-0.39, 0.29) is 16.2 Å². The lowest BCUT2D eigenvalue weighted by molar-refractivity contribution is 0.308. The summed E-state index contributed by atoms with van der Waals surface area (Å²) < 4.78 is 41.7. The maximum absolute atomic E-state index is 14.6. The van der Waals surface area contributed by atoms with Gasteiger partial charge in [0, 0.05) is 24.2 Å². The van der Waals surface area contributed by atoms with Crippen LogP contribution in [0.1, 0.15) is 38.5 Å². The van der Waals surface area contributed by atoms with Gasteiger partial charge in [0.15, 0.2) is 5.13 Å². The van der Waals surface area contributed by atoms with Crippen LogP contribution in [0.2, 0.25) is 5.02 Å². The summed E-state index contributed by atoms with van der Waals surface area (Å²) in [6, 6.07) is 2.49. The van der Waals surface area contributed by atoms with Crippen molar-refractivity contribution in [1.82, 2.24) is 10.3 Å². The smallest absolute Gasteiger partial charge is 0.266 e. The lowest BCUT2D eigenvalue weighted by atomic mass is 9.85. The molecule has 3 N–H and O–H groups in total. The van der Waals surface area contributed by atoms with Gasteiger partial charge in [-0.1, -0.05) is 43.7 Å². The van der Waals surface area contributed by atoms with Gasteiger partial charge in [-0.3, -0.25) is 4.72 Å². The molecule has 1 aliphatic rings. The Kier molecular flexibility index (Phi) is 7.72. The molecule has 29 heavy (non-hydrogen) atoms. The van der Waals surface area contributed by atoms with Gasteiger partial charge in [-0.15, -0.1) is 11.3 Å². The van der Waals surface area contributed by atoms with Gasteiger partial charge < -0.3 is 10.6 Å². The summed E-state index contributed by atoms with van der Waals surface area (Å²) in [6.45, 7) is 0.579. The van der Waals surface area contributed by atoms with E-state index in [9.17, 15) is 12.8 Å². The van der Waals surface area contributed by atoms with Crippen molar-refractivity contribution >= 4 is 43.8 Å². The molecule has 1 aliphatic carbocycles. The van der Waals surface area contributed by atoms with E-state index in [0.29, 0.717) is 18.2 Å². The number of thiazole rings is 1. The van der Waals surface area contributed by atoms with Gasteiger partial charge in [0.1, 0.15) is 10.7 Å². The Morgan fingerprint density at radius 3 is 2.72 bits per heavy atom. The van der Waals surface area contributed by atoms with Gasteiger partial charge in [-0.05, 0) is 31.5 Å². The molecule has 1 atom stereocenters. The van der Waals surface area contributed by atoms with E-state index in [1.165, 1.54) is 38.3 Å². The Morgan fingerprint density at radius 1 is 1.31 bits per heavy atom. The third-order valence-electron chi connectivity index (χ3n) is 5.25. The first kappa shape index (κ1) is 22.3. The quantitative estimate of drug-likeness (QED) is 0.505. The zero-order chi connectivity index (χ0) is 20.9. The molecule has 1 saturated carbocycles. The van der Waals surface area contributed by atoms with E-state index in [1.54, 1.807) is 5.38 Å². The molecule has 1 heterocycles. The average molecular weight is 461 g/mol. The first-order valence-corrected chi connectivity index (χ1v) is 12.5. The third kappa shape index (κ3) is 6.04. The molecule has 0 amide bonds. The van der Waals surface area contributed by atoms with Gasteiger partial charge >= 0.3 is 0 Å². The normalized spacial score (nSPS) is 16.5. The van der Waals surface area contributed by atoms with Crippen LogP contribution < -0.4 is 15.4 Å². The largest absolute Gasteiger partial charge is 0.382 e. The number of rotatable bonds is 9. The number of sulfonamides is 1. The highest BCUT2D eigenvalue weighted by Gasteiger charge is 2.23. The van der Waals surface area contributed by atoms with E-state index in [0.717, 1.165) is 29.9 Å². The van der Waals surface area contributed by atoms with Crippen LogP contribution >= 0.6 is 22.9 Å². The zero-order valence-electron chi connectivity index (χ0n) is 16.2. The second kappa shape index (κ2) is 10.1. The second-order valence-electron chi connectivity index (χ2n) is 7.31. The van der Waals surface area contributed by atoms with Gasteiger partial charge in [-0.25, -0.2) is 17.8 Å². The predicted molar refractivity (Wildman–Crippen MR) is 117 cm³/mol. The second-order valence-corrected chi connectivity index (χ2v) is 10.3. The lowest BCUT2D eigenvalue weighted by Gasteiger charge is -2.27. The molecule has 0 aliphatic heterocycles. The van der Waals surface area contributed by atoms with Crippen LogP contribution in [0, 0.1) is 11.7 Å². The highest BCUT2D eigenvalue weighted by Crippen LogP contribution is 2.30. The summed E-state index contributed by atoms with van der Waals surface area (Å²) in [7, 11) is -2.20. The van der Waals surface area contributed by atoms with Crippen LogP contribution in [0.25, 0.3) is 0 Å². The first-order valence-electron chi connectivity index (χ1n) is 9.71. The Balaban J connectivity index is 1.66. The molecule has 160 valence electrons. The van der Waals surface area contributed by atoms with Crippen LogP contribution in [0.5, 0.6) is 0 Å². The number of aromatic nitrogens is 1. The number of anilines is 2. The van der Waals surface area contributed by atoms with Crippen LogP contribution in [-0.2, 0) is 10.0 Å². The molecule has 1 aromatic heterocycles. The number of benzene rings is 1. The van der Waals surface area contributed by atoms with Crippen molar-refractivity contribution in [2.24, 2.45) is 5.92 Å². The SMILES string of the molecule is CN[C@H](CNc1cc(F)c(S(=O)(=O)Nc2nccs2)cc1Cl)CC1CCCCC1. The van der Waals surface area contributed by atoms with Gasteiger partial charge in [0.25, 0.3) is 10.0 Å². The number of nitrogens with zero attached hydrogens (tertiary/aromatic N) is 1. The van der Waals surface area contributed by atoms with E-state index in [1.807, 2.05) is 7.05 Å². The topological polar surface area (TPSA) is 83.1 Å². The van der Waals surface area contributed by atoms with Crippen molar-refractivity contribution in [1.29, 1.82) is 0 Å². The zero-order valence-corrected chi connectivity index (χ0v) is 18.6. The highest BCUT2D eigenvalue weighted by molar-refractivity contribution is 7.93. The Labute approximate surface area is 180 Å². The molecule has 0 unspecified atom stereocenters. The van der Waals surface area contributed by atoms with Crippen LogP contribution in [0.4, 0.5) is 15.2 Å². The van der Waals surface area contributed by atoms with Gasteiger partial charge in [0.05, 0.1) is 10.7 Å². The Bertz CT molecular complexity index is 903. The highest BCUT2D eigenvalue weighted by atomic mass is 35.5.